The number of rotatable bonds is 8. The van der Waals surface area contributed by atoms with Crippen LogP contribution in [0.15, 0.2) is 76.9 Å². The van der Waals surface area contributed by atoms with Gasteiger partial charge in [0.2, 0.25) is 0 Å². The number of aromatic hydroxyl groups is 1. The topological polar surface area (TPSA) is 43.7 Å². The fourth-order valence-corrected chi connectivity index (χ4v) is 5.54. The minimum atomic E-state index is 0.188. The van der Waals surface area contributed by atoms with Gasteiger partial charge in [0.1, 0.15) is 5.75 Å². The maximum atomic E-state index is 10.3. The average Bonchev–Trinajstić information content (AvgIpc) is 2.87. The van der Waals surface area contributed by atoms with Crippen LogP contribution >= 0.6 is 0 Å². The van der Waals surface area contributed by atoms with Crippen LogP contribution in [0, 0.1) is 5.92 Å². The second kappa shape index (κ2) is 11.7. The SMILES string of the molecule is CCN1CCC(C2=CC=C(/C(=C(/CCCO)C3=CCCC=C3)c3cccc(O)c3)CC2)CC1. The van der Waals surface area contributed by atoms with Crippen LogP contribution in [0.2, 0.25) is 0 Å². The first-order chi connectivity index (χ1) is 16.2. The van der Waals surface area contributed by atoms with Gasteiger partial charge in [-0.15, -0.1) is 0 Å². The van der Waals surface area contributed by atoms with E-state index in [0.717, 1.165) is 56.6 Å². The summed E-state index contributed by atoms with van der Waals surface area (Å²) in [6.45, 7) is 6.04. The van der Waals surface area contributed by atoms with Crippen molar-refractivity contribution >= 4 is 5.57 Å². The highest BCUT2D eigenvalue weighted by atomic mass is 16.3. The van der Waals surface area contributed by atoms with Gasteiger partial charge in [-0.05, 0) is 117 Å². The van der Waals surface area contributed by atoms with Gasteiger partial charge in [-0.1, -0.05) is 55.0 Å². The number of nitrogens with zero attached hydrogens (tertiary/aromatic N) is 1. The fourth-order valence-electron chi connectivity index (χ4n) is 5.54. The summed E-state index contributed by atoms with van der Waals surface area (Å²) in [6, 6.07) is 7.68. The molecule has 1 fully saturated rings. The number of allylic oxidation sites excluding steroid dienone is 10. The lowest BCUT2D eigenvalue weighted by Crippen LogP contribution is -2.34. The van der Waals surface area contributed by atoms with Crippen molar-refractivity contribution < 1.29 is 10.2 Å². The number of benzene rings is 1. The Morgan fingerprint density at radius 3 is 2.58 bits per heavy atom. The van der Waals surface area contributed by atoms with E-state index >= 15 is 0 Å². The molecule has 1 saturated heterocycles. The molecule has 3 nitrogen and oxygen atoms in total. The van der Waals surface area contributed by atoms with Gasteiger partial charge in [-0.25, -0.2) is 0 Å². The molecule has 0 spiro atoms. The van der Waals surface area contributed by atoms with Gasteiger partial charge in [0, 0.05) is 6.61 Å². The molecule has 0 unspecified atom stereocenters. The summed E-state index contributed by atoms with van der Waals surface area (Å²) in [5.74, 6) is 1.02. The Kier molecular flexibility index (Phi) is 8.41. The van der Waals surface area contributed by atoms with Crippen LogP contribution in [0.3, 0.4) is 0 Å². The Hall–Kier alpha value is -2.36. The molecule has 33 heavy (non-hydrogen) atoms. The van der Waals surface area contributed by atoms with E-state index < -0.39 is 0 Å². The number of likely N-dealkylation sites (tertiary alicyclic amines) is 1. The number of hydrogen-bond donors (Lipinski definition) is 2. The van der Waals surface area contributed by atoms with E-state index in [1.807, 2.05) is 12.1 Å². The Bertz CT molecular complexity index is 971. The van der Waals surface area contributed by atoms with Crippen LogP contribution in [0.25, 0.3) is 5.57 Å². The largest absolute Gasteiger partial charge is 0.508 e. The van der Waals surface area contributed by atoms with Crippen LogP contribution in [-0.2, 0) is 0 Å². The van der Waals surface area contributed by atoms with E-state index in [9.17, 15) is 10.2 Å². The number of aliphatic hydroxyl groups is 1. The van der Waals surface area contributed by atoms with Crippen molar-refractivity contribution in [3.63, 3.8) is 0 Å². The van der Waals surface area contributed by atoms with Crippen molar-refractivity contribution in [3.8, 4) is 5.75 Å². The summed E-state index contributed by atoms with van der Waals surface area (Å²) >= 11 is 0. The maximum absolute atomic E-state index is 10.3. The van der Waals surface area contributed by atoms with Crippen LogP contribution in [0.5, 0.6) is 5.75 Å². The quantitative estimate of drug-likeness (QED) is 0.475. The lowest BCUT2D eigenvalue weighted by atomic mass is 9.78. The fraction of sp³-hybridized carbons (Fsp3) is 0.467. The van der Waals surface area contributed by atoms with Crippen molar-refractivity contribution in [1.29, 1.82) is 0 Å². The zero-order chi connectivity index (χ0) is 23.0. The van der Waals surface area contributed by atoms with Gasteiger partial charge in [0.15, 0.2) is 0 Å². The third-order valence-electron chi connectivity index (χ3n) is 7.43. The number of aliphatic hydroxyl groups excluding tert-OH is 1. The molecule has 176 valence electrons. The normalized spacial score (nSPS) is 20.7. The van der Waals surface area contributed by atoms with Gasteiger partial charge in [-0.3, -0.25) is 0 Å². The monoisotopic (exact) mass is 445 g/mol. The highest BCUT2D eigenvalue weighted by Crippen LogP contribution is 2.41. The minimum Gasteiger partial charge on any atom is -0.508 e. The van der Waals surface area contributed by atoms with Gasteiger partial charge >= 0.3 is 0 Å². The third-order valence-corrected chi connectivity index (χ3v) is 7.43. The van der Waals surface area contributed by atoms with E-state index in [1.54, 1.807) is 11.6 Å². The molecule has 3 heteroatoms. The second-order valence-electron chi connectivity index (χ2n) is 9.51. The lowest BCUT2D eigenvalue weighted by Gasteiger charge is -2.33. The molecule has 1 aromatic carbocycles. The molecule has 0 saturated carbocycles. The van der Waals surface area contributed by atoms with Crippen LogP contribution < -0.4 is 0 Å². The van der Waals surface area contributed by atoms with E-state index in [1.165, 1.54) is 48.2 Å². The first kappa shape index (κ1) is 23.8. The zero-order valence-electron chi connectivity index (χ0n) is 20.1. The lowest BCUT2D eigenvalue weighted by molar-refractivity contribution is 0.206. The molecular weight excluding hydrogens is 406 g/mol. The van der Waals surface area contributed by atoms with Crippen LogP contribution in [0.1, 0.15) is 63.9 Å². The maximum Gasteiger partial charge on any atom is 0.116 e. The van der Waals surface area contributed by atoms with Crippen LogP contribution in [0.4, 0.5) is 0 Å². The van der Waals surface area contributed by atoms with Crippen molar-refractivity contribution in [3.05, 3.63) is 82.5 Å². The molecule has 1 aromatic rings. The van der Waals surface area contributed by atoms with Crippen molar-refractivity contribution in [2.45, 2.75) is 58.3 Å². The summed E-state index contributed by atoms with van der Waals surface area (Å²) in [7, 11) is 0. The summed E-state index contributed by atoms with van der Waals surface area (Å²) in [4.78, 5) is 2.56. The standard InChI is InChI=1S/C30H39NO2/c1-2-31-19-17-24(18-20-31)23-13-15-26(16-14-23)30(27-10-6-11-28(33)22-27)29(12-7-21-32)25-8-4-3-5-9-25/h4,6,8-11,13,15,22,24,32-33H,2-3,5,7,12,14,16-21H2,1H3/b30-29+. The van der Waals surface area contributed by atoms with Gasteiger partial charge in [0.25, 0.3) is 0 Å². The number of piperidine rings is 1. The predicted molar refractivity (Wildman–Crippen MR) is 138 cm³/mol. The van der Waals surface area contributed by atoms with E-state index in [0.29, 0.717) is 5.75 Å². The highest BCUT2D eigenvalue weighted by Gasteiger charge is 2.24. The van der Waals surface area contributed by atoms with Gasteiger partial charge in [-0.2, -0.15) is 0 Å². The summed E-state index contributed by atoms with van der Waals surface area (Å²) < 4.78 is 0. The first-order valence-corrected chi connectivity index (χ1v) is 12.8. The Labute approximate surface area is 199 Å². The first-order valence-electron chi connectivity index (χ1n) is 12.8. The van der Waals surface area contributed by atoms with Gasteiger partial charge in [0.05, 0.1) is 0 Å². The summed E-state index contributed by atoms with van der Waals surface area (Å²) in [6.07, 6.45) is 20.0. The Balaban J connectivity index is 1.71. The molecule has 3 aliphatic rings. The smallest absolute Gasteiger partial charge is 0.116 e. The molecule has 2 N–H and O–H groups in total. The molecule has 1 aliphatic heterocycles. The highest BCUT2D eigenvalue weighted by molar-refractivity contribution is 5.85. The summed E-state index contributed by atoms with van der Waals surface area (Å²) in [5, 5.41) is 19.9. The number of phenolic OH excluding ortho intramolecular Hbond substituents is 1. The van der Waals surface area contributed by atoms with E-state index in [4.69, 9.17) is 0 Å². The molecule has 0 aromatic heterocycles. The average molecular weight is 446 g/mol. The minimum absolute atomic E-state index is 0.188. The van der Waals surface area contributed by atoms with E-state index in [-0.39, 0.29) is 6.61 Å². The van der Waals surface area contributed by atoms with Gasteiger partial charge < -0.3 is 15.1 Å². The predicted octanol–water partition coefficient (Wildman–Crippen LogP) is 6.57. The third kappa shape index (κ3) is 5.96. The Morgan fingerprint density at radius 2 is 1.94 bits per heavy atom. The van der Waals surface area contributed by atoms with Crippen molar-refractivity contribution in [2.75, 3.05) is 26.2 Å². The molecule has 4 rings (SSSR count). The second-order valence-corrected chi connectivity index (χ2v) is 9.51. The zero-order valence-corrected chi connectivity index (χ0v) is 20.1. The Morgan fingerprint density at radius 1 is 1.09 bits per heavy atom. The molecule has 1 heterocycles. The molecule has 0 amide bonds. The van der Waals surface area contributed by atoms with Crippen molar-refractivity contribution in [2.24, 2.45) is 5.92 Å². The van der Waals surface area contributed by atoms with Crippen LogP contribution in [-0.4, -0.2) is 41.4 Å². The molecule has 0 atom stereocenters. The molecular formula is C30H39NO2. The molecule has 0 radical (unpaired) electrons. The summed E-state index contributed by atoms with van der Waals surface area (Å²) in [5.41, 5.74) is 7.85. The molecule has 2 aliphatic carbocycles. The van der Waals surface area contributed by atoms with Crippen molar-refractivity contribution in [1.82, 2.24) is 4.90 Å². The van der Waals surface area contributed by atoms with E-state index in [2.05, 4.69) is 48.3 Å². The molecule has 0 bridgehead atoms. The number of hydrogen-bond acceptors (Lipinski definition) is 3. The number of phenols is 1.